The SMILES string of the molecule is CC(C)CC(NC(=O)c1ccc(CCN)cc1)C(=O)O. The molecule has 1 unspecified atom stereocenters. The maximum atomic E-state index is 12.0. The second-order valence-electron chi connectivity index (χ2n) is 5.23. The number of hydrogen-bond donors (Lipinski definition) is 3. The second kappa shape index (κ2) is 7.65. The lowest BCUT2D eigenvalue weighted by Gasteiger charge is -2.16. The van der Waals surface area contributed by atoms with Crippen LogP contribution in [-0.4, -0.2) is 29.6 Å². The molecular formula is C15H22N2O3. The van der Waals surface area contributed by atoms with Gasteiger partial charge >= 0.3 is 5.97 Å². The van der Waals surface area contributed by atoms with E-state index in [-0.39, 0.29) is 11.8 Å². The molecule has 0 spiro atoms. The van der Waals surface area contributed by atoms with Crippen LogP contribution in [0, 0.1) is 5.92 Å². The smallest absolute Gasteiger partial charge is 0.326 e. The lowest BCUT2D eigenvalue weighted by molar-refractivity contribution is -0.139. The second-order valence-corrected chi connectivity index (χ2v) is 5.23. The molecule has 4 N–H and O–H groups in total. The van der Waals surface area contributed by atoms with Crippen molar-refractivity contribution in [1.82, 2.24) is 5.32 Å². The van der Waals surface area contributed by atoms with Crippen LogP contribution in [0.15, 0.2) is 24.3 Å². The van der Waals surface area contributed by atoms with Gasteiger partial charge in [-0.1, -0.05) is 26.0 Å². The van der Waals surface area contributed by atoms with Gasteiger partial charge in [0, 0.05) is 5.56 Å². The Morgan fingerprint density at radius 3 is 2.30 bits per heavy atom. The van der Waals surface area contributed by atoms with E-state index in [2.05, 4.69) is 5.32 Å². The summed E-state index contributed by atoms with van der Waals surface area (Å²) in [4.78, 5) is 23.1. The molecule has 0 saturated carbocycles. The molecule has 1 amide bonds. The topological polar surface area (TPSA) is 92.4 Å². The summed E-state index contributed by atoms with van der Waals surface area (Å²) in [5.74, 6) is -1.17. The molecule has 1 atom stereocenters. The van der Waals surface area contributed by atoms with Crippen LogP contribution < -0.4 is 11.1 Å². The molecular weight excluding hydrogens is 256 g/mol. The number of carboxylic acid groups (broad SMARTS) is 1. The predicted octanol–water partition coefficient (Wildman–Crippen LogP) is 1.42. The van der Waals surface area contributed by atoms with Crippen molar-refractivity contribution in [3.63, 3.8) is 0 Å². The summed E-state index contributed by atoms with van der Waals surface area (Å²) in [5, 5.41) is 11.7. The minimum absolute atomic E-state index is 0.198. The molecule has 5 heteroatoms. The first kappa shape index (κ1) is 16.2. The Kier molecular flexibility index (Phi) is 6.18. The van der Waals surface area contributed by atoms with Crippen molar-refractivity contribution in [3.05, 3.63) is 35.4 Å². The predicted molar refractivity (Wildman–Crippen MR) is 77.5 cm³/mol. The minimum atomic E-state index is -1.01. The monoisotopic (exact) mass is 278 g/mol. The van der Waals surface area contributed by atoms with E-state index in [0.29, 0.717) is 18.5 Å². The zero-order valence-corrected chi connectivity index (χ0v) is 11.9. The Morgan fingerprint density at radius 1 is 1.25 bits per heavy atom. The number of carbonyl (C=O) groups excluding carboxylic acids is 1. The van der Waals surface area contributed by atoms with Crippen molar-refractivity contribution >= 4 is 11.9 Å². The zero-order chi connectivity index (χ0) is 15.1. The van der Waals surface area contributed by atoms with Gasteiger partial charge in [-0.05, 0) is 43.0 Å². The van der Waals surface area contributed by atoms with Gasteiger partial charge in [0.2, 0.25) is 0 Å². The highest BCUT2D eigenvalue weighted by Gasteiger charge is 2.21. The maximum Gasteiger partial charge on any atom is 0.326 e. The van der Waals surface area contributed by atoms with Gasteiger partial charge in [-0.15, -0.1) is 0 Å². The lowest BCUT2D eigenvalue weighted by atomic mass is 10.0. The van der Waals surface area contributed by atoms with Gasteiger partial charge in [-0.25, -0.2) is 4.79 Å². The highest BCUT2D eigenvalue weighted by molar-refractivity contribution is 5.96. The summed E-state index contributed by atoms with van der Waals surface area (Å²) in [6.07, 6.45) is 1.17. The molecule has 0 heterocycles. The number of nitrogens with one attached hydrogen (secondary N) is 1. The first-order chi connectivity index (χ1) is 9.43. The third-order valence-corrected chi connectivity index (χ3v) is 2.96. The molecule has 0 aliphatic carbocycles. The van der Waals surface area contributed by atoms with E-state index in [1.165, 1.54) is 0 Å². The van der Waals surface area contributed by atoms with Crippen LogP contribution in [0.1, 0.15) is 36.2 Å². The molecule has 0 saturated heterocycles. The number of amides is 1. The number of rotatable bonds is 7. The molecule has 110 valence electrons. The Hall–Kier alpha value is -1.88. The largest absolute Gasteiger partial charge is 0.480 e. The van der Waals surface area contributed by atoms with E-state index in [9.17, 15) is 9.59 Å². The summed E-state index contributed by atoms with van der Waals surface area (Å²) in [7, 11) is 0. The van der Waals surface area contributed by atoms with Crippen LogP contribution in [0.25, 0.3) is 0 Å². The van der Waals surface area contributed by atoms with Crippen LogP contribution in [-0.2, 0) is 11.2 Å². The van der Waals surface area contributed by atoms with Crippen molar-refractivity contribution in [2.75, 3.05) is 6.54 Å². The van der Waals surface area contributed by atoms with Gasteiger partial charge in [-0.2, -0.15) is 0 Å². The number of carboxylic acids is 1. The van der Waals surface area contributed by atoms with Crippen molar-refractivity contribution in [2.24, 2.45) is 11.7 Å². The molecule has 0 aliphatic rings. The maximum absolute atomic E-state index is 12.0. The van der Waals surface area contributed by atoms with Gasteiger partial charge < -0.3 is 16.2 Å². The summed E-state index contributed by atoms with van der Waals surface area (Å²) < 4.78 is 0. The third-order valence-electron chi connectivity index (χ3n) is 2.96. The Labute approximate surface area is 119 Å². The van der Waals surface area contributed by atoms with Crippen molar-refractivity contribution in [1.29, 1.82) is 0 Å². The van der Waals surface area contributed by atoms with E-state index in [1.807, 2.05) is 26.0 Å². The number of carbonyl (C=O) groups is 2. The average Bonchev–Trinajstić information content (AvgIpc) is 2.38. The highest BCUT2D eigenvalue weighted by atomic mass is 16.4. The Balaban J connectivity index is 2.70. The molecule has 0 aliphatic heterocycles. The van der Waals surface area contributed by atoms with Gasteiger partial charge in [0.15, 0.2) is 0 Å². The molecule has 0 radical (unpaired) electrons. The fraction of sp³-hybridized carbons (Fsp3) is 0.467. The van der Waals surface area contributed by atoms with Crippen LogP contribution in [0.2, 0.25) is 0 Å². The van der Waals surface area contributed by atoms with Crippen molar-refractivity contribution in [3.8, 4) is 0 Å². The third kappa shape index (κ3) is 5.01. The molecule has 20 heavy (non-hydrogen) atoms. The van der Waals surface area contributed by atoms with Gasteiger partial charge in [0.1, 0.15) is 6.04 Å². The van der Waals surface area contributed by atoms with E-state index in [1.54, 1.807) is 12.1 Å². The molecule has 0 bridgehead atoms. The fourth-order valence-corrected chi connectivity index (χ4v) is 1.92. The minimum Gasteiger partial charge on any atom is -0.480 e. The van der Waals surface area contributed by atoms with Gasteiger partial charge in [-0.3, -0.25) is 4.79 Å². The number of benzene rings is 1. The van der Waals surface area contributed by atoms with Crippen LogP contribution >= 0.6 is 0 Å². The zero-order valence-electron chi connectivity index (χ0n) is 11.9. The first-order valence-corrected chi connectivity index (χ1v) is 6.76. The normalized spacial score (nSPS) is 12.2. The van der Waals surface area contributed by atoms with Crippen LogP contribution in [0.4, 0.5) is 0 Å². The lowest BCUT2D eigenvalue weighted by Crippen LogP contribution is -2.41. The standard InChI is InChI=1S/C15H22N2O3/c1-10(2)9-13(15(19)20)17-14(18)12-5-3-11(4-6-12)7-8-16/h3-6,10,13H,7-9,16H2,1-2H3,(H,17,18)(H,19,20). The average molecular weight is 278 g/mol. The van der Waals surface area contributed by atoms with E-state index in [4.69, 9.17) is 10.8 Å². The molecule has 0 fully saturated rings. The first-order valence-electron chi connectivity index (χ1n) is 6.76. The number of hydrogen-bond acceptors (Lipinski definition) is 3. The molecule has 1 aromatic rings. The van der Waals surface area contributed by atoms with Gasteiger partial charge in [0.25, 0.3) is 5.91 Å². The van der Waals surface area contributed by atoms with E-state index < -0.39 is 12.0 Å². The molecule has 1 rings (SSSR count). The van der Waals surface area contributed by atoms with E-state index in [0.717, 1.165) is 12.0 Å². The summed E-state index contributed by atoms with van der Waals surface area (Å²) in [5.41, 5.74) is 6.97. The van der Waals surface area contributed by atoms with E-state index >= 15 is 0 Å². The van der Waals surface area contributed by atoms with Gasteiger partial charge in [0.05, 0.1) is 0 Å². The Morgan fingerprint density at radius 2 is 1.85 bits per heavy atom. The summed E-state index contributed by atoms with van der Waals surface area (Å²) in [6.45, 7) is 4.40. The van der Waals surface area contributed by atoms with Crippen LogP contribution in [0.3, 0.4) is 0 Å². The van der Waals surface area contributed by atoms with Crippen molar-refractivity contribution < 1.29 is 14.7 Å². The van der Waals surface area contributed by atoms with Crippen LogP contribution in [0.5, 0.6) is 0 Å². The number of nitrogens with two attached hydrogens (primary N) is 1. The molecule has 1 aromatic carbocycles. The van der Waals surface area contributed by atoms with Crippen molar-refractivity contribution in [2.45, 2.75) is 32.7 Å². The molecule has 5 nitrogen and oxygen atoms in total. The summed E-state index contributed by atoms with van der Waals surface area (Å²) >= 11 is 0. The fourth-order valence-electron chi connectivity index (χ4n) is 1.92. The highest BCUT2D eigenvalue weighted by Crippen LogP contribution is 2.08. The number of aliphatic carboxylic acids is 1. The quantitative estimate of drug-likeness (QED) is 0.703. The summed E-state index contributed by atoms with van der Waals surface area (Å²) in [6, 6.07) is 6.19. The Bertz CT molecular complexity index is 455. The molecule has 0 aromatic heterocycles.